The van der Waals surface area contributed by atoms with Crippen LogP contribution in [0.4, 0.5) is 0 Å². The van der Waals surface area contributed by atoms with Gasteiger partial charge in [-0.25, -0.2) is 0 Å². The summed E-state index contributed by atoms with van der Waals surface area (Å²) in [5.74, 6) is 1.52. The largest absolute Gasteiger partial charge is 0.493 e. The maximum absolute atomic E-state index is 12.6. The third-order valence-corrected chi connectivity index (χ3v) is 5.19. The topological polar surface area (TPSA) is 50.8 Å². The van der Waals surface area contributed by atoms with Crippen molar-refractivity contribution >= 4 is 18.3 Å². The second-order valence-corrected chi connectivity index (χ2v) is 6.63. The van der Waals surface area contributed by atoms with Gasteiger partial charge in [-0.1, -0.05) is 6.07 Å². The van der Waals surface area contributed by atoms with Crippen LogP contribution in [0.15, 0.2) is 18.2 Å². The molecule has 2 unspecified atom stereocenters. The number of amides is 1. The zero-order valence-electron chi connectivity index (χ0n) is 14.6. The molecule has 2 bridgehead atoms. The Bertz CT molecular complexity index is 569. The molecule has 0 spiro atoms. The van der Waals surface area contributed by atoms with E-state index in [1.807, 2.05) is 30.1 Å². The van der Waals surface area contributed by atoms with Crippen molar-refractivity contribution in [2.24, 2.45) is 0 Å². The molecule has 2 atom stereocenters. The van der Waals surface area contributed by atoms with Crippen molar-refractivity contribution in [2.45, 2.75) is 50.2 Å². The Morgan fingerprint density at radius 1 is 1.17 bits per heavy atom. The number of carbonyl (C=O) groups is 1. The number of hydrogen-bond acceptors (Lipinski definition) is 4. The Kier molecular flexibility index (Phi) is 6.35. The first-order chi connectivity index (χ1) is 11.1. The van der Waals surface area contributed by atoms with Crippen molar-refractivity contribution in [1.82, 2.24) is 10.2 Å². The Balaban J connectivity index is 0.00000208. The van der Waals surface area contributed by atoms with E-state index in [1.165, 1.54) is 12.8 Å². The van der Waals surface area contributed by atoms with Gasteiger partial charge in [0.05, 0.1) is 20.6 Å². The Morgan fingerprint density at radius 2 is 1.79 bits per heavy atom. The lowest BCUT2D eigenvalue weighted by Gasteiger charge is -2.35. The molecule has 0 aliphatic carbocycles. The van der Waals surface area contributed by atoms with E-state index in [9.17, 15) is 4.79 Å². The van der Waals surface area contributed by atoms with E-state index in [4.69, 9.17) is 9.47 Å². The molecule has 2 fully saturated rings. The number of halogens is 1. The Morgan fingerprint density at radius 3 is 2.38 bits per heavy atom. The average molecular weight is 355 g/mol. The molecular formula is C18H27ClN2O3. The first kappa shape index (κ1) is 18.9. The minimum atomic E-state index is 0. The summed E-state index contributed by atoms with van der Waals surface area (Å²) < 4.78 is 10.6. The maximum atomic E-state index is 12.6. The lowest BCUT2D eigenvalue weighted by atomic mass is 9.98. The smallest absolute Gasteiger partial charge is 0.226 e. The summed E-state index contributed by atoms with van der Waals surface area (Å²) in [5, 5.41) is 3.62. The SMILES string of the molecule is COc1ccc(CC(=O)N(C)C2CC3CCC(C2)N3)cc1OC.Cl. The number of nitrogens with zero attached hydrogens (tertiary/aromatic N) is 1. The summed E-state index contributed by atoms with van der Waals surface area (Å²) >= 11 is 0. The van der Waals surface area contributed by atoms with E-state index in [2.05, 4.69) is 5.32 Å². The molecule has 134 valence electrons. The minimum absolute atomic E-state index is 0. The summed E-state index contributed by atoms with van der Waals surface area (Å²) in [6.07, 6.45) is 5.04. The summed E-state index contributed by atoms with van der Waals surface area (Å²) in [5.41, 5.74) is 0.955. The van der Waals surface area contributed by atoms with Crippen molar-refractivity contribution in [1.29, 1.82) is 0 Å². The predicted molar refractivity (Wildman–Crippen MR) is 96.2 cm³/mol. The standard InChI is InChI=1S/C18H26N2O3.ClH/c1-20(15-10-13-5-6-14(11-15)19-13)18(21)9-12-4-7-16(22-2)17(8-12)23-3;/h4,7-8,13-15,19H,5-6,9-11H2,1-3H3;1H. The quantitative estimate of drug-likeness (QED) is 0.882. The number of likely N-dealkylation sites (N-methyl/N-ethyl adjacent to an activating group) is 1. The fourth-order valence-electron chi connectivity index (χ4n) is 3.84. The van der Waals surface area contributed by atoms with Gasteiger partial charge in [0.15, 0.2) is 11.5 Å². The average Bonchev–Trinajstić information content (AvgIpc) is 2.91. The van der Waals surface area contributed by atoms with Gasteiger partial charge in [-0.05, 0) is 43.4 Å². The second-order valence-electron chi connectivity index (χ2n) is 6.63. The van der Waals surface area contributed by atoms with Gasteiger partial charge in [0.1, 0.15) is 0 Å². The van der Waals surface area contributed by atoms with Crippen LogP contribution in [0.5, 0.6) is 11.5 Å². The monoisotopic (exact) mass is 354 g/mol. The third kappa shape index (κ3) is 3.95. The number of carbonyl (C=O) groups excluding carboxylic acids is 1. The highest BCUT2D eigenvalue weighted by Gasteiger charge is 2.36. The molecule has 6 heteroatoms. The van der Waals surface area contributed by atoms with E-state index in [1.54, 1.807) is 14.2 Å². The molecule has 1 N–H and O–H groups in total. The molecule has 3 rings (SSSR count). The van der Waals surface area contributed by atoms with Gasteiger partial charge in [0.25, 0.3) is 0 Å². The summed E-state index contributed by atoms with van der Waals surface area (Å²) in [6, 6.07) is 7.22. The summed E-state index contributed by atoms with van der Waals surface area (Å²) in [6.45, 7) is 0. The predicted octanol–water partition coefficient (Wildman–Crippen LogP) is 2.41. The number of rotatable bonds is 5. The van der Waals surface area contributed by atoms with E-state index < -0.39 is 0 Å². The van der Waals surface area contributed by atoms with Gasteiger partial charge in [0.2, 0.25) is 5.91 Å². The molecular weight excluding hydrogens is 328 g/mol. The van der Waals surface area contributed by atoms with Gasteiger partial charge in [-0.15, -0.1) is 12.4 Å². The third-order valence-electron chi connectivity index (χ3n) is 5.19. The van der Waals surface area contributed by atoms with Gasteiger partial charge >= 0.3 is 0 Å². The fraction of sp³-hybridized carbons (Fsp3) is 0.611. The van der Waals surface area contributed by atoms with Gasteiger partial charge in [0, 0.05) is 25.2 Å². The van der Waals surface area contributed by atoms with Crippen LogP contribution >= 0.6 is 12.4 Å². The van der Waals surface area contributed by atoms with Crippen molar-refractivity contribution < 1.29 is 14.3 Å². The van der Waals surface area contributed by atoms with E-state index in [0.29, 0.717) is 36.0 Å². The molecule has 0 aromatic heterocycles. The minimum Gasteiger partial charge on any atom is -0.493 e. The lowest BCUT2D eigenvalue weighted by Crippen LogP contribution is -2.49. The lowest BCUT2D eigenvalue weighted by molar-refractivity contribution is -0.131. The number of benzene rings is 1. The van der Waals surface area contributed by atoms with Crippen molar-refractivity contribution in [2.75, 3.05) is 21.3 Å². The molecule has 1 aromatic rings. The first-order valence-corrected chi connectivity index (χ1v) is 8.33. The van der Waals surface area contributed by atoms with Gasteiger partial charge in [-0.2, -0.15) is 0 Å². The highest BCUT2D eigenvalue weighted by Crippen LogP contribution is 2.30. The van der Waals surface area contributed by atoms with Crippen LogP contribution in [-0.2, 0) is 11.2 Å². The summed E-state index contributed by atoms with van der Waals surface area (Å²) in [4.78, 5) is 14.6. The molecule has 24 heavy (non-hydrogen) atoms. The molecule has 2 aliphatic heterocycles. The zero-order valence-corrected chi connectivity index (χ0v) is 15.4. The van der Waals surface area contributed by atoms with Crippen LogP contribution in [0.3, 0.4) is 0 Å². The fourth-order valence-corrected chi connectivity index (χ4v) is 3.84. The van der Waals surface area contributed by atoms with Gasteiger partial charge < -0.3 is 19.7 Å². The molecule has 2 saturated heterocycles. The normalized spacial score (nSPS) is 24.9. The summed E-state index contributed by atoms with van der Waals surface area (Å²) in [7, 11) is 5.17. The van der Waals surface area contributed by atoms with Crippen LogP contribution in [0, 0.1) is 0 Å². The van der Waals surface area contributed by atoms with Crippen LogP contribution in [0.2, 0.25) is 0 Å². The van der Waals surface area contributed by atoms with Crippen LogP contribution in [0.1, 0.15) is 31.2 Å². The number of ether oxygens (including phenoxy) is 2. The second kappa shape index (κ2) is 8.08. The van der Waals surface area contributed by atoms with Crippen molar-refractivity contribution in [3.8, 4) is 11.5 Å². The van der Waals surface area contributed by atoms with Crippen LogP contribution in [0.25, 0.3) is 0 Å². The van der Waals surface area contributed by atoms with E-state index >= 15 is 0 Å². The highest BCUT2D eigenvalue weighted by atomic mass is 35.5. The number of nitrogens with one attached hydrogen (secondary N) is 1. The Labute approximate surface area is 150 Å². The van der Waals surface area contributed by atoms with Crippen LogP contribution < -0.4 is 14.8 Å². The molecule has 1 amide bonds. The zero-order chi connectivity index (χ0) is 16.4. The van der Waals surface area contributed by atoms with Crippen molar-refractivity contribution in [3.05, 3.63) is 23.8 Å². The molecule has 2 aliphatic rings. The molecule has 0 saturated carbocycles. The van der Waals surface area contributed by atoms with Gasteiger partial charge in [-0.3, -0.25) is 4.79 Å². The molecule has 1 aromatic carbocycles. The maximum Gasteiger partial charge on any atom is 0.226 e. The van der Waals surface area contributed by atoms with E-state index in [0.717, 1.165) is 18.4 Å². The van der Waals surface area contributed by atoms with Crippen LogP contribution in [-0.4, -0.2) is 50.2 Å². The number of fused-ring (bicyclic) bond motifs is 2. The molecule has 0 radical (unpaired) electrons. The van der Waals surface area contributed by atoms with E-state index in [-0.39, 0.29) is 18.3 Å². The number of piperidine rings is 1. The van der Waals surface area contributed by atoms with Crippen molar-refractivity contribution in [3.63, 3.8) is 0 Å². The number of methoxy groups -OCH3 is 2. The molecule has 5 nitrogen and oxygen atoms in total. The number of hydrogen-bond donors (Lipinski definition) is 1. The molecule has 2 heterocycles. The first-order valence-electron chi connectivity index (χ1n) is 8.33. The Hall–Kier alpha value is -1.46. The highest BCUT2D eigenvalue weighted by molar-refractivity contribution is 5.85.